The summed E-state index contributed by atoms with van der Waals surface area (Å²) >= 11 is 5.42. The number of rotatable bonds is 4. The van der Waals surface area contributed by atoms with Gasteiger partial charge in [0.25, 0.3) is 0 Å². The maximum atomic E-state index is 11.5. The van der Waals surface area contributed by atoms with Gasteiger partial charge in [-0.2, -0.15) is 0 Å². The van der Waals surface area contributed by atoms with Crippen LogP contribution in [0.15, 0.2) is 0 Å². The molecule has 1 rings (SSSR count). The van der Waals surface area contributed by atoms with E-state index in [9.17, 15) is 8.42 Å². The lowest BCUT2D eigenvalue weighted by molar-refractivity contribution is 0.247. The lowest BCUT2D eigenvalue weighted by Gasteiger charge is -2.31. The number of sulfonamides is 1. The van der Waals surface area contributed by atoms with E-state index in [1.807, 2.05) is 0 Å². The zero-order chi connectivity index (χ0) is 11.5. The zero-order valence-electron chi connectivity index (χ0n) is 9.45. The van der Waals surface area contributed by atoms with E-state index in [1.165, 1.54) is 10.7 Å². The molecule has 3 nitrogen and oxygen atoms in total. The molecule has 15 heavy (non-hydrogen) atoms. The van der Waals surface area contributed by atoms with E-state index in [2.05, 4.69) is 13.8 Å². The van der Waals surface area contributed by atoms with E-state index in [0.29, 0.717) is 24.9 Å². The fourth-order valence-electron chi connectivity index (χ4n) is 2.16. The van der Waals surface area contributed by atoms with Crippen molar-refractivity contribution in [2.45, 2.75) is 33.1 Å². The highest BCUT2D eigenvalue weighted by atomic mass is 35.5. The molecular formula is C10H20ClNO2S. The van der Waals surface area contributed by atoms with Gasteiger partial charge in [-0.15, -0.1) is 11.6 Å². The summed E-state index contributed by atoms with van der Waals surface area (Å²) in [4.78, 5) is 0. The monoisotopic (exact) mass is 253 g/mol. The minimum atomic E-state index is -3.17. The summed E-state index contributed by atoms with van der Waals surface area (Å²) in [5.41, 5.74) is 0. The Bertz CT molecular complexity index is 282. The van der Waals surface area contributed by atoms with Gasteiger partial charge in [0.1, 0.15) is 5.21 Å². The van der Waals surface area contributed by atoms with Crippen molar-refractivity contribution in [1.82, 2.24) is 4.31 Å². The van der Waals surface area contributed by atoms with E-state index in [4.69, 9.17) is 11.6 Å². The molecule has 1 aliphatic rings. The van der Waals surface area contributed by atoms with Crippen molar-refractivity contribution in [1.29, 1.82) is 0 Å². The fraction of sp³-hybridized carbons (Fsp3) is 1.00. The molecule has 0 amide bonds. The molecule has 0 spiro atoms. The Labute approximate surface area is 97.8 Å². The third kappa shape index (κ3) is 3.93. The molecule has 0 unspecified atom stereocenters. The summed E-state index contributed by atoms with van der Waals surface area (Å²) in [6.07, 6.45) is 3.16. The highest BCUT2D eigenvalue weighted by molar-refractivity contribution is 7.90. The molecule has 0 bridgehead atoms. The summed E-state index contributed by atoms with van der Waals surface area (Å²) in [7, 11) is -3.17. The standard InChI is InChI=1S/C10H20ClNO2S/c1-9(2)7-10-3-5-12(6-4-10)15(13,14)8-11/h9-10H,3-8H2,1-2H3. The van der Waals surface area contributed by atoms with Crippen LogP contribution >= 0.6 is 11.6 Å². The van der Waals surface area contributed by atoms with Gasteiger partial charge in [-0.05, 0) is 31.1 Å². The highest BCUT2D eigenvalue weighted by Crippen LogP contribution is 2.25. The van der Waals surface area contributed by atoms with E-state index in [0.717, 1.165) is 12.8 Å². The van der Waals surface area contributed by atoms with E-state index in [1.54, 1.807) is 0 Å². The van der Waals surface area contributed by atoms with E-state index < -0.39 is 10.0 Å². The number of piperidine rings is 1. The molecule has 0 aromatic heterocycles. The Morgan fingerprint density at radius 3 is 2.27 bits per heavy atom. The first-order chi connectivity index (χ1) is 6.95. The Kier molecular flexibility index (Phi) is 4.87. The van der Waals surface area contributed by atoms with E-state index >= 15 is 0 Å². The summed E-state index contributed by atoms with van der Waals surface area (Å²) in [5, 5.41) is -0.290. The van der Waals surface area contributed by atoms with Gasteiger partial charge in [-0.25, -0.2) is 12.7 Å². The van der Waals surface area contributed by atoms with Crippen LogP contribution in [0.2, 0.25) is 0 Å². The molecule has 0 aromatic rings. The summed E-state index contributed by atoms with van der Waals surface area (Å²) in [6, 6.07) is 0. The van der Waals surface area contributed by atoms with Crippen molar-refractivity contribution in [3.8, 4) is 0 Å². The molecule has 0 radical (unpaired) electrons. The topological polar surface area (TPSA) is 37.4 Å². The second-order valence-corrected chi connectivity index (χ2v) is 7.25. The number of halogens is 1. The number of alkyl halides is 1. The quantitative estimate of drug-likeness (QED) is 0.721. The molecule has 1 heterocycles. The van der Waals surface area contributed by atoms with Crippen LogP contribution in [0.4, 0.5) is 0 Å². The van der Waals surface area contributed by atoms with Crippen molar-refractivity contribution in [3.63, 3.8) is 0 Å². The lowest BCUT2D eigenvalue weighted by atomic mass is 9.89. The predicted molar refractivity (Wildman–Crippen MR) is 63.4 cm³/mol. The normalized spacial score (nSPS) is 21.1. The first kappa shape index (κ1) is 13.3. The van der Waals surface area contributed by atoms with Crippen molar-refractivity contribution in [2.75, 3.05) is 18.3 Å². The van der Waals surface area contributed by atoms with Gasteiger partial charge in [0.2, 0.25) is 10.0 Å². The van der Waals surface area contributed by atoms with Crippen LogP contribution in [0.1, 0.15) is 33.1 Å². The number of hydrogen-bond acceptors (Lipinski definition) is 2. The van der Waals surface area contributed by atoms with Crippen molar-refractivity contribution in [3.05, 3.63) is 0 Å². The molecule has 0 atom stereocenters. The average molecular weight is 254 g/mol. The molecule has 0 saturated carbocycles. The van der Waals surface area contributed by atoms with Crippen molar-refractivity contribution >= 4 is 21.6 Å². The first-order valence-electron chi connectivity index (χ1n) is 5.49. The predicted octanol–water partition coefficient (Wildman–Crippen LogP) is 2.27. The van der Waals surface area contributed by atoms with Gasteiger partial charge in [0.15, 0.2) is 0 Å². The van der Waals surface area contributed by atoms with Crippen LogP contribution in [-0.4, -0.2) is 31.0 Å². The molecule has 90 valence electrons. The molecule has 0 aromatic carbocycles. The number of nitrogens with zero attached hydrogens (tertiary/aromatic N) is 1. The lowest BCUT2D eigenvalue weighted by Crippen LogP contribution is -2.39. The maximum absolute atomic E-state index is 11.5. The van der Waals surface area contributed by atoms with Crippen LogP contribution in [0.5, 0.6) is 0 Å². The zero-order valence-corrected chi connectivity index (χ0v) is 11.0. The van der Waals surface area contributed by atoms with Crippen molar-refractivity contribution < 1.29 is 8.42 Å². The third-order valence-corrected chi connectivity index (χ3v) is 5.16. The third-order valence-electron chi connectivity index (χ3n) is 2.91. The summed E-state index contributed by atoms with van der Waals surface area (Å²) in [5.74, 6) is 1.39. The summed E-state index contributed by atoms with van der Waals surface area (Å²) < 4.78 is 24.5. The SMILES string of the molecule is CC(C)CC1CCN(S(=O)(=O)CCl)CC1. The average Bonchev–Trinajstić information content (AvgIpc) is 2.18. The van der Waals surface area contributed by atoms with Crippen LogP contribution in [-0.2, 0) is 10.0 Å². The molecule has 1 saturated heterocycles. The van der Waals surface area contributed by atoms with E-state index in [-0.39, 0.29) is 5.21 Å². The highest BCUT2D eigenvalue weighted by Gasteiger charge is 2.27. The Morgan fingerprint density at radius 2 is 1.87 bits per heavy atom. The van der Waals surface area contributed by atoms with Gasteiger partial charge in [-0.1, -0.05) is 13.8 Å². The molecule has 5 heteroatoms. The molecule has 0 N–H and O–H groups in total. The van der Waals surface area contributed by atoms with Gasteiger partial charge >= 0.3 is 0 Å². The minimum Gasteiger partial charge on any atom is -0.211 e. The Morgan fingerprint density at radius 1 is 1.33 bits per heavy atom. The smallest absolute Gasteiger partial charge is 0.211 e. The number of hydrogen-bond donors (Lipinski definition) is 0. The van der Waals surface area contributed by atoms with Crippen LogP contribution in [0, 0.1) is 11.8 Å². The molecule has 0 aliphatic carbocycles. The van der Waals surface area contributed by atoms with Crippen LogP contribution in [0.3, 0.4) is 0 Å². The summed E-state index contributed by atoms with van der Waals surface area (Å²) in [6.45, 7) is 5.71. The largest absolute Gasteiger partial charge is 0.228 e. The minimum absolute atomic E-state index is 0.290. The van der Waals surface area contributed by atoms with Crippen molar-refractivity contribution in [2.24, 2.45) is 11.8 Å². The molecule has 1 aliphatic heterocycles. The van der Waals surface area contributed by atoms with Gasteiger partial charge in [0, 0.05) is 13.1 Å². The fourth-order valence-corrected chi connectivity index (χ4v) is 3.48. The van der Waals surface area contributed by atoms with Crippen LogP contribution in [0.25, 0.3) is 0 Å². The van der Waals surface area contributed by atoms with Crippen LogP contribution < -0.4 is 0 Å². The first-order valence-corrected chi connectivity index (χ1v) is 7.64. The molecular weight excluding hydrogens is 234 g/mol. The molecule has 1 fully saturated rings. The second kappa shape index (κ2) is 5.51. The van der Waals surface area contributed by atoms with Gasteiger partial charge in [-0.3, -0.25) is 0 Å². The Hall–Kier alpha value is 0.200. The second-order valence-electron chi connectivity index (χ2n) is 4.69. The maximum Gasteiger partial charge on any atom is 0.228 e. The van der Waals surface area contributed by atoms with Gasteiger partial charge < -0.3 is 0 Å². The van der Waals surface area contributed by atoms with Gasteiger partial charge in [0.05, 0.1) is 0 Å². The Balaban J connectivity index is 2.43.